The minimum absolute atomic E-state index is 0.666. The zero-order valence-corrected chi connectivity index (χ0v) is 10.8. The lowest BCUT2D eigenvalue weighted by Gasteiger charge is -2.09. The number of imidazole rings is 1. The monoisotopic (exact) mass is 246 g/mol. The molecule has 5 nitrogen and oxygen atoms in total. The van der Waals surface area contributed by atoms with E-state index in [1.54, 1.807) is 13.3 Å². The maximum absolute atomic E-state index is 5.00. The van der Waals surface area contributed by atoms with Crippen LogP contribution in [0.25, 0.3) is 0 Å². The molecule has 0 aliphatic carbocycles. The van der Waals surface area contributed by atoms with Crippen molar-refractivity contribution in [3.05, 3.63) is 42.0 Å². The third kappa shape index (κ3) is 3.30. The summed E-state index contributed by atoms with van der Waals surface area (Å²) in [5, 5.41) is 3.23. The van der Waals surface area contributed by atoms with Crippen LogP contribution >= 0.6 is 0 Å². The highest BCUT2D eigenvalue weighted by Crippen LogP contribution is 2.08. The summed E-state index contributed by atoms with van der Waals surface area (Å²) in [6.07, 6.45) is 5.64. The molecule has 0 spiro atoms. The Balaban J connectivity index is 2.00. The van der Waals surface area contributed by atoms with E-state index < -0.39 is 0 Å². The van der Waals surface area contributed by atoms with Crippen LogP contribution in [-0.4, -0.2) is 34.8 Å². The molecule has 0 saturated carbocycles. The van der Waals surface area contributed by atoms with Crippen molar-refractivity contribution in [1.82, 2.24) is 14.5 Å². The predicted octanol–water partition coefficient (Wildman–Crippen LogP) is 1.69. The van der Waals surface area contributed by atoms with Crippen LogP contribution in [0.4, 0.5) is 5.95 Å². The fourth-order valence-electron chi connectivity index (χ4n) is 1.66. The summed E-state index contributed by atoms with van der Waals surface area (Å²) >= 11 is 0. The van der Waals surface area contributed by atoms with Gasteiger partial charge in [-0.3, -0.25) is 4.98 Å². The smallest absolute Gasteiger partial charge is 0.203 e. The highest BCUT2D eigenvalue weighted by molar-refractivity contribution is 5.27. The number of pyridine rings is 1. The molecular weight excluding hydrogens is 228 g/mol. The van der Waals surface area contributed by atoms with Gasteiger partial charge < -0.3 is 14.6 Å². The Morgan fingerprint density at radius 3 is 2.94 bits per heavy atom. The molecule has 0 aliphatic rings. The standard InChI is InChI=1S/C13H18N4O/c1-11-3-4-12(9-16-11)10-17-7-5-14-13(17)15-6-8-18-2/h3-5,7,9H,6,8,10H2,1-2H3,(H,14,15). The van der Waals surface area contributed by atoms with Crippen LogP contribution in [0.3, 0.4) is 0 Å². The number of aryl methyl sites for hydroxylation is 1. The first kappa shape index (κ1) is 12.6. The van der Waals surface area contributed by atoms with Crippen molar-refractivity contribution in [2.75, 3.05) is 25.6 Å². The predicted molar refractivity (Wildman–Crippen MR) is 70.7 cm³/mol. The van der Waals surface area contributed by atoms with E-state index >= 15 is 0 Å². The molecule has 2 heterocycles. The Hall–Kier alpha value is -1.88. The number of nitrogens with zero attached hydrogens (tertiary/aromatic N) is 3. The second-order valence-electron chi connectivity index (χ2n) is 4.11. The number of anilines is 1. The number of ether oxygens (including phenoxy) is 1. The normalized spacial score (nSPS) is 10.6. The highest BCUT2D eigenvalue weighted by atomic mass is 16.5. The van der Waals surface area contributed by atoms with Gasteiger partial charge in [-0.2, -0.15) is 0 Å². The summed E-state index contributed by atoms with van der Waals surface area (Å²) in [6.45, 7) is 4.17. The molecule has 0 aromatic carbocycles. The van der Waals surface area contributed by atoms with E-state index in [0.29, 0.717) is 6.61 Å². The molecule has 0 aliphatic heterocycles. The number of rotatable bonds is 6. The Bertz CT molecular complexity index is 478. The topological polar surface area (TPSA) is 52.0 Å². The summed E-state index contributed by atoms with van der Waals surface area (Å²) < 4.78 is 7.06. The van der Waals surface area contributed by atoms with Crippen molar-refractivity contribution in [2.45, 2.75) is 13.5 Å². The lowest BCUT2D eigenvalue weighted by Crippen LogP contribution is -2.12. The lowest BCUT2D eigenvalue weighted by molar-refractivity contribution is 0.210. The molecule has 96 valence electrons. The van der Waals surface area contributed by atoms with Crippen LogP contribution in [0.5, 0.6) is 0 Å². The molecular formula is C13H18N4O. The molecule has 0 saturated heterocycles. The fourth-order valence-corrected chi connectivity index (χ4v) is 1.66. The number of hydrogen-bond acceptors (Lipinski definition) is 4. The summed E-state index contributed by atoms with van der Waals surface area (Å²) in [7, 11) is 1.69. The van der Waals surface area contributed by atoms with Crippen molar-refractivity contribution >= 4 is 5.95 Å². The Kier molecular flexibility index (Phi) is 4.30. The summed E-state index contributed by atoms with van der Waals surface area (Å²) in [4.78, 5) is 8.57. The van der Waals surface area contributed by atoms with Gasteiger partial charge in [0, 0.05) is 37.9 Å². The first-order valence-electron chi connectivity index (χ1n) is 5.95. The minimum Gasteiger partial charge on any atom is -0.383 e. The van der Waals surface area contributed by atoms with Crippen LogP contribution in [0, 0.1) is 6.92 Å². The third-order valence-electron chi connectivity index (χ3n) is 2.63. The van der Waals surface area contributed by atoms with E-state index in [0.717, 1.165) is 30.3 Å². The molecule has 0 atom stereocenters. The maximum Gasteiger partial charge on any atom is 0.203 e. The van der Waals surface area contributed by atoms with E-state index in [1.165, 1.54) is 0 Å². The second-order valence-corrected chi connectivity index (χ2v) is 4.11. The van der Waals surface area contributed by atoms with Gasteiger partial charge in [-0.05, 0) is 18.6 Å². The van der Waals surface area contributed by atoms with Gasteiger partial charge in [-0.25, -0.2) is 4.98 Å². The Labute approximate surface area is 107 Å². The first-order chi connectivity index (χ1) is 8.79. The molecule has 5 heteroatoms. The molecule has 0 amide bonds. The molecule has 0 bridgehead atoms. The summed E-state index contributed by atoms with van der Waals surface area (Å²) in [6, 6.07) is 4.10. The number of hydrogen-bond donors (Lipinski definition) is 1. The van der Waals surface area contributed by atoms with Crippen LogP contribution in [0.2, 0.25) is 0 Å². The fraction of sp³-hybridized carbons (Fsp3) is 0.385. The quantitative estimate of drug-likeness (QED) is 0.788. The number of aromatic nitrogens is 3. The van der Waals surface area contributed by atoms with Crippen molar-refractivity contribution in [3.63, 3.8) is 0 Å². The van der Waals surface area contributed by atoms with Gasteiger partial charge in [-0.1, -0.05) is 6.07 Å². The van der Waals surface area contributed by atoms with Gasteiger partial charge >= 0.3 is 0 Å². The van der Waals surface area contributed by atoms with E-state index in [2.05, 4.69) is 25.9 Å². The lowest BCUT2D eigenvalue weighted by atomic mass is 10.2. The van der Waals surface area contributed by atoms with Crippen molar-refractivity contribution < 1.29 is 4.74 Å². The van der Waals surface area contributed by atoms with Crippen molar-refractivity contribution in [1.29, 1.82) is 0 Å². The molecule has 2 aromatic heterocycles. The zero-order chi connectivity index (χ0) is 12.8. The van der Waals surface area contributed by atoms with Crippen molar-refractivity contribution in [2.24, 2.45) is 0 Å². The summed E-state index contributed by atoms with van der Waals surface area (Å²) in [5.74, 6) is 0.854. The minimum atomic E-state index is 0.666. The summed E-state index contributed by atoms with van der Waals surface area (Å²) in [5.41, 5.74) is 2.19. The van der Waals surface area contributed by atoms with E-state index in [1.807, 2.05) is 25.4 Å². The van der Waals surface area contributed by atoms with Gasteiger partial charge in [0.1, 0.15) is 0 Å². The molecule has 0 unspecified atom stereocenters. The van der Waals surface area contributed by atoms with Gasteiger partial charge in [0.25, 0.3) is 0 Å². The first-order valence-corrected chi connectivity index (χ1v) is 5.95. The van der Waals surface area contributed by atoms with Gasteiger partial charge in [0.15, 0.2) is 0 Å². The highest BCUT2D eigenvalue weighted by Gasteiger charge is 2.02. The molecule has 0 fully saturated rings. The number of nitrogens with one attached hydrogen (secondary N) is 1. The van der Waals surface area contributed by atoms with E-state index in [-0.39, 0.29) is 0 Å². The van der Waals surface area contributed by atoms with Crippen LogP contribution in [0.15, 0.2) is 30.7 Å². The van der Waals surface area contributed by atoms with Gasteiger partial charge in [0.2, 0.25) is 5.95 Å². The number of methoxy groups -OCH3 is 1. The zero-order valence-electron chi connectivity index (χ0n) is 10.8. The maximum atomic E-state index is 5.00. The Morgan fingerprint density at radius 1 is 1.33 bits per heavy atom. The van der Waals surface area contributed by atoms with Crippen molar-refractivity contribution in [3.8, 4) is 0 Å². The molecule has 18 heavy (non-hydrogen) atoms. The average molecular weight is 246 g/mol. The van der Waals surface area contributed by atoms with Crippen LogP contribution in [-0.2, 0) is 11.3 Å². The van der Waals surface area contributed by atoms with E-state index in [4.69, 9.17) is 4.74 Å². The Morgan fingerprint density at radius 2 is 2.22 bits per heavy atom. The second kappa shape index (κ2) is 6.16. The average Bonchev–Trinajstić information content (AvgIpc) is 2.80. The SMILES string of the molecule is COCCNc1nccn1Cc1ccc(C)nc1. The molecule has 2 aromatic rings. The molecule has 2 rings (SSSR count). The molecule has 1 N–H and O–H groups in total. The van der Waals surface area contributed by atoms with Crippen LogP contribution < -0.4 is 5.32 Å². The van der Waals surface area contributed by atoms with E-state index in [9.17, 15) is 0 Å². The molecule has 0 radical (unpaired) electrons. The third-order valence-corrected chi connectivity index (χ3v) is 2.63. The van der Waals surface area contributed by atoms with Gasteiger partial charge in [-0.15, -0.1) is 0 Å². The largest absolute Gasteiger partial charge is 0.383 e. The van der Waals surface area contributed by atoms with Crippen LogP contribution in [0.1, 0.15) is 11.3 Å². The van der Waals surface area contributed by atoms with Gasteiger partial charge in [0.05, 0.1) is 13.2 Å².